The highest BCUT2D eigenvalue weighted by Crippen LogP contribution is 2.11. The van der Waals surface area contributed by atoms with Crippen LogP contribution in [-0.4, -0.2) is 16.8 Å². The van der Waals surface area contributed by atoms with E-state index in [1.165, 1.54) is 0 Å². The second-order valence-corrected chi connectivity index (χ2v) is 3.38. The van der Waals surface area contributed by atoms with E-state index >= 15 is 0 Å². The van der Waals surface area contributed by atoms with Crippen molar-refractivity contribution in [2.45, 2.75) is 39.5 Å². The van der Waals surface area contributed by atoms with E-state index in [1.54, 1.807) is 6.92 Å². The summed E-state index contributed by atoms with van der Waals surface area (Å²) >= 11 is 0. The lowest BCUT2D eigenvalue weighted by Crippen LogP contribution is -2.02. The SMILES string of the molecule is CC(=N)CC(C)CCCC(=O)O. The van der Waals surface area contributed by atoms with Crippen LogP contribution in [0.15, 0.2) is 0 Å². The standard InChI is InChI=1S/C9H17NO2/c1-7(6-8(2)10)4-3-5-9(11)12/h7,10H,3-6H2,1-2H3,(H,11,12). The van der Waals surface area contributed by atoms with Crippen LogP contribution in [0, 0.1) is 11.3 Å². The summed E-state index contributed by atoms with van der Waals surface area (Å²) in [5, 5.41) is 15.6. The number of carboxylic acids is 1. The highest BCUT2D eigenvalue weighted by atomic mass is 16.4. The summed E-state index contributed by atoms with van der Waals surface area (Å²) in [7, 11) is 0. The number of carbonyl (C=O) groups is 1. The molecule has 0 saturated heterocycles. The van der Waals surface area contributed by atoms with Crippen LogP contribution in [0.1, 0.15) is 39.5 Å². The minimum absolute atomic E-state index is 0.251. The van der Waals surface area contributed by atoms with Gasteiger partial charge in [-0.3, -0.25) is 4.79 Å². The second kappa shape index (κ2) is 5.75. The Morgan fingerprint density at radius 1 is 1.58 bits per heavy atom. The molecule has 0 rings (SSSR count). The van der Waals surface area contributed by atoms with Gasteiger partial charge < -0.3 is 10.5 Å². The zero-order valence-electron chi connectivity index (χ0n) is 7.76. The highest BCUT2D eigenvalue weighted by molar-refractivity contribution is 5.78. The summed E-state index contributed by atoms with van der Waals surface area (Å²) in [6.45, 7) is 3.84. The van der Waals surface area contributed by atoms with Crippen molar-refractivity contribution in [3.05, 3.63) is 0 Å². The Labute approximate surface area is 73.3 Å². The van der Waals surface area contributed by atoms with Gasteiger partial charge in [0.2, 0.25) is 0 Å². The molecule has 0 aromatic carbocycles. The zero-order valence-corrected chi connectivity index (χ0v) is 7.76. The molecule has 2 N–H and O–H groups in total. The Morgan fingerprint density at radius 3 is 2.58 bits per heavy atom. The van der Waals surface area contributed by atoms with E-state index in [1.807, 2.05) is 0 Å². The smallest absolute Gasteiger partial charge is 0.303 e. The fourth-order valence-corrected chi connectivity index (χ4v) is 1.23. The Kier molecular flexibility index (Phi) is 5.34. The van der Waals surface area contributed by atoms with Gasteiger partial charge in [0.25, 0.3) is 0 Å². The molecule has 0 aromatic rings. The predicted octanol–water partition coefficient (Wildman–Crippen LogP) is 2.31. The van der Waals surface area contributed by atoms with Gasteiger partial charge in [-0.1, -0.05) is 6.92 Å². The fraction of sp³-hybridized carbons (Fsp3) is 0.778. The molecule has 0 aliphatic rings. The summed E-state index contributed by atoms with van der Waals surface area (Å²) < 4.78 is 0. The Hall–Kier alpha value is -0.860. The molecule has 0 spiro atoms. The molecule has 0 radical (unpaired) electrons. The Morgan fingerprint density at radius 2 is 2.17 bits per heavy atom. The molecule has 0 aliphatic heterocycles. The van der Waals surface area contributed by atoms with Gasteiger partial charge in [-0.2, -0.15) is 0 Å². The van der Waals surface area contributed by atoms with Crippen molar-refractivity contribution in [1.82, 2.24) is 0 Å². The molecule has 1 unspecified atom stereocenters. The van der Waals surface area contributed by atoms with E-state index in [9.17, 15) is 4.79 Å². The van der Waals surface area contributed by atoms with Crippen LogP contribution in [0.5, 0.6) is 0 Å². The quantitative estimate of drug-likeness (QED) is 0.602. The van der Waals surface area contributed by atoms with Crippen LogP contribution >= 0.6 is 0 Å². The van der Waals surface area contributed by atoms with Gasteiger partial charge in [0.15, 0.2) is 0 Å². The third kappa shape index (κ3) is 7.25. The summed E-state index contributed by atoms with van der Waals surface area (Å²) in [5.74, 6) is -0.282. The maximum atomic E-state index is 10.2. The van der Waals surface area contributed by atoms with E-state index in [0.717, 1.165) is 19.3 Å². The van der Waals surface area contributed by atoms with Crippen molar-refractivity contribution in [2.75, 3.05) is 0 Å². The van der Waals surface area contributed by atoms with Crippen LogP contribution in [0.4, 0.5) is 0 Å². The lowest BCUT2D eigenvalue weighted by molar-refractivity contribution is -0.137. The maximum Gasteiger partial charge on any atom is 0.303 e. The third-order valence-electron chi connectivity index (χ3n) is 1.74. The molecule has 0 heterocycles. The molecule has 0 aliphatic carbocycles. The van der Waals surface area contributed by atoms with E-state index in [0.29, 0.717) is 11.6 Å². The third-order valence-corrected chi connectivity index (χ3v) is 1.74. The molecular weight excluding hydrogens is 154 g/mol. The van der Waals surface area contributed by atoms with Gasteiger partial charge in [-0.05, 0) is 32.1 Å². The van der Waals surface area contributed by atoms with Crippen LogP contribution in [0.3, 0.4) is 0 Å². The first-order chi connectivity index (χ1) is 5.52. The van der Waals surface area contributed by atoms with Gasteiger partial charge in [0.1, 0.15) is 0 Å². The molecule has 3 heteroatoms. The first kappa shape index (κ1) is 11.1. The van der Waals surface area contributed by atoms with E-state index < -0.39 is 5.97 Å². The topological polar surface area (TPSA) is 61.2 Å². The second-order valence-electron chi connectivity index (χ2n) is 3.38. The molecule has 0 fully saturated rings. The van der Waals surface area contributed by atoms with Crippen LogP contribution in [-0.2, 0) is 4.79 Å². The Bertz CT molecular complexity index is 166. The number of hydrogen-bond donors (Lipinski definition) is 2. The van der Waals surface area contributed by atoms with Gasteiger partial charge in [0.05, 0.1) is 0 Å². The zero-order chi connectivity index (χ0) is 9.56. The summed E-state index contributed by atoms with van der Waals surface area (Å²) in [4.78, 5) is 10.2. The number of aliphatic carboxylic acids is 1. The summed E-state index contributed by atoms with van der Waals surface area (Å²) in [5.41, 5.74) is 0.679. The number of nitrogens with one attached hydrogen (secondary N) is 1. The summed E-state index contributed by atoms with van der Waals surface area (Å²) in [6, 6.07) is 0. The number of carboxylic acid groups (broad SMARTS) is 1. The molecule has 12 heavy (non-hydrogen) atoms. The van der Waals surface area contributed by atoms with Crippen molar-refractivity contribution in [3.8, 4) is 0 Å². The van der Waals surface area contributed by atoms with Crippen molar-refractivity contribution in [1.29, 1.82) is 5.41 Å². The lowest BCUT2D eigenvalue weighted by atomic mass is 9.98. The van der Waals surface area contributed by atoms with Crippen molar-refractivity contribution < 1.29 is 9.90 Å². The molecule has 0 amide bonds. The number of rotatable bonds is 6. The number of hydrogen-bond acceptors (Lipinski definition) is 2. The predicted molar refractivity (Wildman–Crippen MR) is 48.7 cm³/mol. The largest absolute Gasteiger partial charge is 0.481 e. The lowest BCUT2D eigenvalue weighted by Gasteiger charge is -2.08. The van der Waals surface area contributed by atoms with Gasteiger partial charge in [-0.25, -0.2) is 0 Å². The molecule has 0 bridgehead atoms. The van der Waals surface area contributed by atoms with Crippen molar-refractivity contribution in [3.63, 3.8) is 0 Å². The van der Waals surface area contributed by atoms with Gasteiger partial charge in [-0.15, -0.1) is 0 Å². The maximum absolute atomic E-state index is 10.2. The van der Waals surface area contributed by atoms with Crippen LogP contribution in [0.2, 0.25) is 0 Å². The van der Waals surface area contributed by atoms with Gasteiger partial charge >= 0.3 is 5.97 Å². The minimum Gasteiger partial charge on any atom is -0.481 e. The average Bonchev–Trinajstić information content (AvgIpc) is 1.84. The first-order valence-electron chi connectivity index (χ1n) is 4.28. The Balaban J connectivity index is 3.37. The monoisotopic (exact) mass is 171 g/mol. The molecule has 0 saturated carbocycles. The minimum atomic E-state index is -0.728. The van der Waals surface area contributed by atoms with E-state index in [-0.39, 0.29) is 6.42 Å². The van der Waals surface area contributed by atoms with E-state index in [2.05, 4.69) is 6.92 Å². The van der Waals surface area contributed by atoms with E-state index in [4.69, 9.17) is 10.5 Å². The fourth-order valence-electron chi connectivity index (χ4n) is 1.23. The van der Waals surface area contributed by atoms with Gasteiger partial charge in [0, 0.05) is 12.1 Å². The average molecular weight is 171 g/mol. The summed E-state index contributed by atoms with van der Waals surface area (Å²) in [6.07, 6.45) is 2.67. The molecule has 1 atom stereocenters. The van der Waals surface area contributed by atoms with Crippen LogP contribution < -0.4 is 0 Å². The van der Waals surface area contributed by atoms with Crippen molar-refractivity contribution in [2.24, 2.45) is 5.92 Å². The van der Waals surface area contributed by atoms with Crippen LogP contribution in [0.25, 0.3) is 0 Å². The molecule has 0 aromatic heterocycles. The van der Waals surface area contributed by atoms with Crippen molar-refractivity contribution >= 4 is 11.7 Å². The molecule has 70 valence electrons. The normalized spacial score (nSPS) is 12.5. The molecule has 3 nitrogen and oxygen atoms in total. The molecular formula is C9H17NO2. The highest BCUT2D eigenvalue weighted by Gasteiger charge is 2.04. The first-order valence-corrected chi connectivity index (χ1v) is 4.28.